The smallest absolute Gasteiger partial charge is 0.210 e. The van der Waals surface area contributed by atoms with E-state index in [-0.39, 0.29) is 17.8 Å². The number of pyridine rings is 1. The van der Waals surface area contributed by atoms with E-state index in [0.717, 1.165) is 23.4 Å². The fourth-order valence-corrected chi connectivity index (χ4v) is 3.94. The van der Waals surface area contributed by atoms with E-state index in [1.54, 1.807) is 6.07 Å². The molecule has 2 aromatic carbocycles. The molecule has 2 heterocycles. The monoisotopic (exact) mass is 458 g/mol. The zero-order chi connectivity index (χ0) is 23.5. The molecule has 6 nitrogen and oxygen atoms in total. The fourth-order valence-electron chi connectivity index (χ4n) is 3.94. The summed E-state index contributed by atoms with van der Waals surface area (Å²) in [6.07, 6.45) is 6.91. The highest BCUT2D eigenvalue weighted by atomic mass is 19.1. The molecule has 0 bridgehead atoms. The quantitative estimate of drug-likeness (QED) is 0.342. The average molecular weight is 459 g/mol. The number of nitrogens with zero attached hydrogens (tertiary/aromatic N) is 4. The van der Waals surface area contributed by atoms with Crippen molar-refractivity contribution in [3.8, 4) is 17.3 Å². The van der Waals surface area contributed by atoms with Crippen molar-refractivity contribution in [2.24, 2.45) is 0 Å². The van der Waals surface area contributed by atoms with Gasteiger partial charge in [0.1, 0.15) is 18.1 Å². The Hall–Kier alpha value is -3.74. The SMILES string of the molecule is CC(C)(c1ccc(OCc2ccc(F)c(-n3nccn3)n2)cc1)c1ccc(OC2CCC2)cc1. The summed E-state index contributed by atoms with van der Waals surface area (Å²) in [5.74, 6) is 1.21. The standard InChI is InChI=1S/C27H27FN4O2/c1-27(2,20-8-13-24(14-9-20)34-23-4-3-5-23)19-6-11-22(12-7-19)33-18-21-10-15-25(28)26(31-21)32-29-16-17-30-32/h6-17,23H,3-5,18H2,1-2H3. The lowest BCUT2D eigenvalue weighted by atomic mass is 9.78. The minimum atomic E-state index is -0.492. The Morgan fingerprint density at radius 2 is 1.50 bits per heavy atom. The third kappa shape index (κ3) is 4.64. The van der Waals surface area contributed by atoms with Gasteiger partial charge >= 0.3 is 0 Å². The molecule has 0 aliphatic heterocycles. The maximum absolute atomic E-state index is 14.1. The van der Waals surface area contributed by atoms with Crippen LogP contribution < -0.4 is 9.47 Å². The second-order valence-corrected chi connectivity index (χ2v) is 9.06. The van der Waals surface area contributed by atoms with Crippen LogP contribution in [0.2, 0.25) is 0 Å². The van der Waals surface area contributed by atoms with Gasteiger partial charge in [-0.1, -0.05) is 38.1 Å². The zero-order valence-corrected chi connectivity index (χ0v) is 19.3. The van der Waals surface area contributed by atoms with E-state index >= 15 is 0 Å². The van der Waals surface area contributed by atoms with E-state index in [2.05, 4.69) is 65.4 Å². The Morgan fingerprint density at radius 1 is 0.882 bits per heavy atom. The van der Waals surface area contributed by atoms with Gasteiger partial charge in [0, 0.05) is 5.41 Å². The van der Waals surface area contributed by atoms with Crippen LogP contribution in [0, 0.1) is 5.82 Å². The van der Waals surface area contributed by atoms with E-state index < -0.39 is 5.82 Å². The van der Waals surface area contributed by atoms with Gasteiger partial charge in [-0.2, -0.15) is 10.2 Å². The predicted octanol–water partition coefficient (Wildman–Crippen LogP) is 5.64. The second-order valence-electron chi connectivity index (χ2n) is 9.06. The van der Waals surface area contributed by atoms with Gasteiger partial charge in [-0.15, -0.1) is 4.80 Å². The molecule has 1 saturated carbocycles. The molecule has 1 fully saturated rings. The molecule has 1 aliphatic carbocycles. The second kappa shape index (κ2) is 9.25. The van der Waals surface area contributed by atoms with Gasteiger partial charge < -0.3 is 9.47 Å². The van der Waals surface area contributed by atoms with Gasteiger partial charge in [0.25, 0.3) is 0 Å². The maximum atomic E-state index is 14.1. The summed E-state index contributed by atoms with van der Waals surface area (Å²) < 4.78 is 26.0. The van der Waals surface area contributed by atoms with Crippen LogP contribution in [-0.2, 0) is 12.0 Å². The zero-order valence-electron chi connectivity index (χ0n) is 19.3. The van der Waals surface area contributed by atoms with Crippen molar-refractivity contribution in [2.75, 3.05) is 0 Å². The third-order valence-electron chi connectivity index (χ3n) is 6.39. The summed E-state index contributed by atoms with van der Waals surface area (Å²) in [6.45, 7) is 4.62. The van der Waals surface area contributed by atoms with Crippen LogP contribution in [0.15, 0.2) is 73.1 Å². The van der Waals surface area contributed by atoms with Gasteiger partial charge in [-0.3, -0.25) is 0 Å². The van der Waals surface area contributed by atoms with Crippen molar-refractivity contribution >= 4 is 0 Å². The van der Waals surface area contributed by atoms with Gasteiger partial charge in [-0.05, 0) is 66.8 Å². The molecule has 0 amide bonds. The Bertz CT molecular complexity index is 1230. The molecule has 2 aromatic heterocycles. The van der Waals surface area contributed by atoms with Crippen LogP contribution in [0.25, 0.3) is 5.82 Å². The van der Waals surface area contributed by atoms with Crippen LogP contribution >= 0.6 is 0 Å². The molecule has 5 rings (SSSR count). The van der Waals surface area contributed by atoms with Crippen LogP contribution in [-0.4, -0.2) is 26.1 Å². The molecule has 34 heavy (non-hydrogen) atoms. The largest absolute Gasteiger partial charge is 0.490 e. The van der Waals surface area contributed by atoms with Crippen molar-refractivity contribution in [1.29, 1.82) is 0 Å². The van der Waals surface area contributed by atoms with Crippen molar-refractivity contribution in [3.63, 3.8) is 0 Å². The number of hydrogen-bond donors (Lipinski definition) is 0. The first-order valence-corrected chi connectivity index (χ1v) is 11.5. The van der Waals surface area contributed by atoms with Gasteiger partial charge in [0.15, 0.2) is 5.82 Å². The summed E-state index contributed by atoms with van der Waals surface area (Å²) in [4.78, 5) is 5.44. The van der Waals surface area contributed by atoms with Gasteiger partial charge in [0.05, 0.1) is 24.2 Å². The molecule has 0 saturated heterocycles. The van der Waals surface area contributed by atoms with Gasteiger partial charge in [-0.25, -0.2) is 9.37 Å². The minimum Gasteiger partial charge on any atom is -0.490 e. The average Bonchev–Trinajstić information content (AvgIpc) is 3.36. The summed E-state index contributed by atoms with van der Waals surface area (Å²) in [5, 5.41) is 7.89. The Morgan fingerprint density at radius 3 is 2.09 bits per heavy atom. The number of benzene rings is 2. The van der Waals surface area contributed by atoms with E-state index in [4.69, 9.17) is 9.47 Å². The molecule has 4 aromatic rings. The molecule has 0 N–H and O–H groups in total. The highest BCUT2D eigenvalue weighted by Gasteiger charge is 2.24. The molecular formula is C27H27FN4O2. The lowest BCUT2D eigenvalue weighted by Gasteiger charge is -2.28. The molecule has 174 valence electrons. The first-order chi connectivity index (χ1) is 16.5. The maximum Gasteiger partial charge on any atom is 0.210 e. The number of aromatic nitrogens is 4. The van der Waals surface area contributed by atoms with Crippen molar-refractivity contribution in [3.05, 3.63) is 95.7 Å². The molecule has 0 atom stereocenters. The molecule has 7 heteroatoms. The molecular weight excluding hydrogens is 431 g/mol. The van der Waals surface area contributed by atoms with E-state index in [0.29, 0.717) is 17.5 Å². The summed E-state index contributed by atoms with van der Waals surface area (Å²) in [5.41, 5.74) is 2.82. The number of hydrogen-bond acceptors (Lipinski definition) is 5. The van der Waals surface area contributed by atoms with Crippen molar-refractivity contribution in [1.82, 2.24) is 20.0 Å². The Labute approximate surface area is 198 Å². The highest BCUT2D eigenvalue weighted by molar-refractivity contribution is 5.42. The summed E-state index contributed by atoms with van der Waals surface area (Å²) in [6, 6.07) is 19.4. The van der Waals surface area contributed by atoms with Crippen molar-refractivity contribution < 1.29 is 13.9 Å². The predicted molar refractivity (Wildman–Crippen MR) is 127 cm³/mol. The first-order valence-electron chi connectivity index (χ1n) is 11.5. The number of ether oxygens (including phenoxy) is 2. The number of rotatable bonds is 8. The highest BCUT2D eigenvalue weighted by Crippen LogP contribution is 2.34. The minimum absolute atomic E-state index is 0.0484. The van der Waals surface area contributed by atoms with E-state index in [9.17, 15) is 4.39 Å². The third-order valence-corrected chi connectivity index (χ3v) is 6.39. The lowest BCUT2D eigenvalue weighted by molar-refractivity contribution is 0.120. The van der Waals surface area contributed by atoms with Crippen LogP contribution in [0.1, 0.15) is 49.9 Å². The Balaban J connectivity index is 1.24. The molecule has 1 aliphatic rings. The molecule has 0 spiro atoms. The van der Waals surface area contributed by atoms with E-state index in [1.165, 1.54) is 36.0 Å². The summed E-state index contributed by atoms with van der Waals surface area (Å²) in [7, 11) is 0. The summed E-state index contributed by atoms with van der Waals surface area (Å²) >= 11 is 0. The van der Waals surface area contributed by atoms with Gasteiger partial charge in [0.2, 0.25) is 5.82 Å². The van der Waals surface area contributed by atoms with E-state index in [1.807, 2.05) is 12.1 Å². The lowest BCUT2D eigenvalue weighted by Crippen LogP contribution is -2.24. The van der Waals surface area contributed by atoms with Crippen LogP contribution in [0.3, 0.4) is 0 Å². The normalized spacial score (nSPS) is 14.0. The van der Waals surface area contributed by atoms with Crippen LogP contribution in [0.4, 0.5) is 4.39 Å². The number of halogens is 1. The van der Waals surface area contributed by atoms with Crippen molar-refractivity contribution in [2.45, 2.75) is 51.2 Å². The Kier molecular flexibility index (Phi) is 6.01. The molecule has 0 radical (unpaired) electrons. The molecule has 0 unspecified atom stereocenters. The fraction of sp³-hybridized carbons (Fsp3) is 0.296. The van der Waals surface area contributed by atoms with Crippen LogP contribution in [0.5, 0.6) is 11.5 Å². The first kappa shape index (κ1) is 22.1. The topological polar surface area (TPSA) is 62.1 Å².